The SMILES string of the molecule is COC(=O)c1ccc2ncn(Cc3ccc(BO)cc3)c2c1. The van der Waals surface area contributed by atoms with Crippen LogP contribution in [-0.4, -0.2) is 35.1 Å². The molecular formula is C16H15BN2O3. The molecule has 22 heavy (non-hydrogen) atoms. The lowest BCUT2D eigenvalue weighted by atomic mass is 9.88. The van der Waals surface area contributed by atoms with Gasteiger partial charge in [-0.25, -0.2) is 9.78 Å². The summed E-state index contributed by atoms with van der Waals surface area (Å²) in [6.45, 7) is 0.646. The first kappa shape index (κ1) is 14.3. The normalized spacial score (nSPS) is 10.6. The van der Waals surface area contributed by atoms with Crippen LogP contribution in [0.15, 0.2) is 48.8 Å². The number of rotatable bonds is 4. The van der Waals surface area contributed by atoms with Crippen molar-refractivity contribution >= 4 is 29.9 Å². The molecule has 0 radical (unpaired) electrons. The molecule has 0 aliphatic heterocycles. The lowest BCUT2D eigenvalue weighted by Gasteiger charge is -2.06. The van der Waals surface area contributed by atoms with E-state index in [2.05, 4.69) is 4.98 Å². The van der Waals surface area contributed by atoms with Gasteiger partial charge in [0, 0.05) is 6.54 Å². The summed E-state index contributed by atoms with van der Waals surface area (Å²) in [5.41, 5.74) is 4.20. The van der Waals surface area contributed by atoms with Crippen LogP contribution < -0.4 is 5.46 Å². The topological polar surface area (TPSA) is 64.3 Å². The Labute approximate surface area is 128 Å². The summed E-state index contributed by atoms with van der Waals surface area (Å²) in [7, 11) is 1.41. The highest BCUT2D eigenvalue weighted by Crippen LogP contribution is 2.17. The number of fused-ring (bicyclic) bond motifs is 1. The molecule has 3 aromatic rings. The molecule has 1 N–H and O–H groups in total. The number of nitrogens with zero attached hydrogens (tertiary/aromatic N) is 2. The second-order valence-corrected chi connectivity index (χ2v) is 5.04. The predicted octanol–water partition coefficient (Wildman–Crippen LogP) is 0.840. The van der Waals surface area contributed by atoms with Gasteiger partial charge in [-0.3, -0.25) is 0 Å². The Kier molecular flexibility index (Phi) is 3.93. The minimum absolute atomic E-state index is 0.0385. The van der Waals surface area contributed by atoms with Crippen molar-refractivity contribution in [2.45, 2.75) is 6.54 Å². The molecule has 1 heterocycles. The first-order valence-corrected chi connectivity index (χ1v) is 6.93. The maximum Gasteiger partial charge on any atom is 0.337 e. The molecule has 1 aromatic heterocycles. The Bertz CT molecular complexity index is 812. The molecule has 0 saturated carbocycles. The van der Waals surface area contributed by atoms with Crippen molar-refractivity contribution in [1.82, 2.24) is 9.55 Å². The van der Waals surface area contributed by atoms with Crippen molar-refractivity contribution in [2.24, 2.45) is 0 Å². The van der Waals surface area contributed by atoms with Crippen LogP contribution in [0.5, 0.6) is 0 Å². The third-order valence-corrected chi connectivity index (χ3v) is 3.60. The van der Waals surface area contributed by atoms with E-state index >= 15 is 0 Å². The summed E-state index contributed by atoms with van der Waals surface area (Å²) in [5, 5.41) is 9.07. The number of carbonyl (C=O) groups is 1. The Morgan fingerprint density at radius 3 is 2.73 bits per heavy atom. The number of hydrogen-bond acceptors (Lipinski definition) is 4. The molecule has 0 aliphatic rings. The molecule has 6 heteroatoms. The molecule has 2 aromatic carbocycles. The predicted molar refractivity (Wildman–Crippen MR) is 85.6 cm³/mol. The van der Waals surface area contributed by atoms with E-state index < -0.39 is 0 Å². The second-order valence-electron chi connectivity index (χ2n) is 5.04. The Morgan fingerprint density at radius 1 is 1.27 bits per heavy atom. The van der Waals surface area contributed by atoms with Gasteiger partial charge in [0.15, 0.2) is 0 Å². The van der Waals surface area contributed by atoms with Gasteiger partial charge in [0.1, 0.15) is 0 Å². The van der Waals surface area contributed by atoms with Crippen LogP contribution in [0.3, 0.4) is 0 Å². The molecule has 5 nitrogen and oxygen atoms in total. The molecule has 110 valence electrons. The molecule has 0 fully saturated rings. The van der Waals surface area contributed by atoms with Crippen molar-refractivity contribution in [3.8, 4) is 0 Å². The van der Waals surface area contributed by atoms with Crippen LogP contribution in [0.25, 0.3) is 11.0 Å². The third-order valence-electron chi connectivity index (χ3n) is 3.60. The Hall–Kier alpha value is -2.60. The van der Waals surface area contributed by atoms with Gasteiger partial charge < -0.3 is 14.3 Å². The fourth-order valence-corrected chi connectivity index (χ4v) is 2.37. The lowest BCUT2D eigenvalue weighted by molar-refractivity contribution is 0.0601. The molecule has 0 amide bonds. The fourth-order valence-electron chi connectivity index (χ4n) is 2.37. The zero-order chi connectivity index (χ0) is 15.5. The standard InChI is InChI=1S/C16H15BN2O3/c1-22-16(20)12-4-7-14-15(8-12)19(10-18-14)9-11-2-5-13(17-21)6-3-11/h2-8,10,17,21H,9H2,1H3. The van der Waals surface area contributed by atoms with E-state index in [1.54, 1.807) is 18.5 Å². The quantitative estimate of drug-likeness (QED) is 0.572. The van der Waals surface area contributed by atoms with Crippen LogP contribution in [0.4, 0.5) is 0 Å². The van der Waals surface area contributed by atoms with Gasteiger partial charge >= 0.3 is 13.5 Å². The van der Waals surface area contributed by atoms with Gasteiger partial charge in [-0.2, -0.15) is 0 Å². The molecule has 0 spiro atoms. The number of ether oxygens (including phenoxy) is 1. The molecule has 3 rings (SSSR count). The molecule has 0 atom stereocenters. The summed E-state index contributed by atoms with van der Waals surface area (Å²) < 4.78 is 6.74. The highest BCUT2D eigenvalue weighted by molar-refractivity contribution is 6.45. The van der Waals surface area contributed by atoms with Crippen LogP contribution >= 0.6 is 0 Å². The van der Waals surface area contributed by atoms with Gasteiger partial charge in [-0.05, 0) is 23.8 Å². The number of imidazole rings is 1. The van der Waals surface area contributed by atoms with Gasteiger partial charge in [0.25, 0.3) is 0 Å². The summed E-state index contributed by atoms with van der Waals surface area (Å²) in [5.74, 6) is -0.359. The molecule has 0 saturated heterocycles. The van der Waals surface area contributed by atoms with Crippen LogP contribution in [0.1, 0.15) is 15.9 Å². The number of benzene rings is 2. The maximum absolute atomic E-state index is 11.6. The maximum atomic E-state index is 11.6. The van der Waals surface area contributed by atoms with E-state index in [0.717, 1.165) is 22.1 Å². The minimum atomic E-state index is -0.359. The van der Waals surface area contributed by atoms with Crippen LogP contribution in [0.2, 0.25) is 0 Å². The van der Waals surface area contributed by atoms with Gasteiger partial charge in [-0.1, -0.05) is 29.7 Å². The summed E-state index contributed by atoms with van der Waals surface area (Å²) in [4.78, 5) is 16.0. The summed E-state index contributed by atoms with van der Waals surface area (Å²) >= 11 is 0. The van der Waals surface area contributed by atoms with Crippen molar-refractivity contribution in [1.29, 1.82) is 0 Å². The zero-order valence-electron chi connectivity index (χ0n) is 12.2. The Balaban J connectivity index is 1.94. The van der Waals surface area contributed by atoms with Crippen LogP contribution in [0, 0.1) is 0 Å². The smallest absolute Gasteiger partial charge is 0.337 e. The molecule has 0 unspecified atom stereocenters. The zero-order valence-corrected chi connectivity index (χ0v) is 12.2. The number of esters is 1. The van der Waals surface area contributed by atoms with E-state index in [9.17, 15) is 4.79 Å². The average molecular weight is 294 g/mol. The van der Waals surface area contributed by atoms with E-state index in [4.69, 9.17) is 9.76 Å². The second kappa shape index (κ2) is 6.03. The highest BCUT2D eigenvalue weighted by atomic mass is 16.5. The molecular weight excluding hydrogens is 279 g/mol. The number of aromatic nitrogens is 2. The summed E-state index contributed by atoms with van der Waals surface area (Å²) in [6.07, 6.45) is 1.76. The van der Waals surface area contributed by atoms with E-state index in [-0.39, 0.29) is 13.5 Å². The van der Waals surface area contributed by atoms with Gasteiger partial charge in [-0.15, -0.1) is 0 Å². The van der Waals surface area contributed by atoms with Crippen molar-refractivity contribution in [3.63, 3.8) is 0 Å². The minimum Gasteiger partial charge on any atom is -0.465 e. The Morgan fingerprint density at radius 2 is 2.05 bits per heavy atom. The molecule has 0 bridgehead atoms. The van der Waals surface area contributed by atoms with Crippen molar-refractivity contribution in [3.05, 3.63) is 59.9 Å². The third kappa shape index (κ3) is 2.73. The first-order valence-electron chi connectivity index (χ1n) is 6.93. The monoisotopic (exact) mass is 294 g/mol. The van der Waals surface area contributed by atoms with E-state index in [0.29, 0.717) is 12.1 Å². The van der Waals surface area contributed by atoms with Gasteiger partial charge in [0.05, 0.1) is 30.0 Å². The van der Waals surface area contributed by atoms with Crippen molar-refractivity contribution < 1.29 is 14.6 Å². The highest BCUT2D eigenvalue weighted by Gasteiger charge is 2.09. The van der Waals surface area contributed by atoms with E-state index in [1.165, 1.54) is 7.11 Å². The number of methoxy groups -OCH3 is 1. The molecule has 0 aliphatic carbocycles. The van der Waals surface area contributed by atoms with E-state index in [1.807, 2.05) is 34.9 Å². The average Bonchev–Trinajstić information content (AvgIpc) is 2.97. The summed E-state index contributed by atoms with van der Waals surface area (Å²) in [6, 6.07) is 13.1. The largest absolute Gasteiger partial charge is 0.465 e. The van der Waals surface area contributed by atoms with Crippen LogP contribution in [-0.2, 0) is 11.3 Å². The number of hydrogen-bond donors (Lipinski definition) is 1. The lowest BCUT2D eigenvalue weighted by Crippen LogP contribution is -2.12. The first-order chi connectivity index (χ1) is 10.7. The van der Waals surface area contributed by atoms with Gasteiger partial charge in [0.2, 0.25) is 0 Å². The fraction of sp³-hybridized carbons (Fsp3) is 0.125. The van der Waals surface area contributed by atoms with Crippen molar-refractivity contribution in [2.75, 3.05) is 7.11 Å². The number of carbonyl (C=O) groups excluding carboxylic acids is 1.